The predicted octanol–water partition coefficient (Wildman–Crippen LogP) is 3.39. The maximum atomic E-state index is 13.3. The number of anilines is 2. The molecule has 0 unspecified atom stereocenters. The summed E-state index contributed by atoms with van der Waals surface area (Å²) in [6.07, 6.45) is 6.22. The van der Waals surface area contributed by atoms with E-state index in [0.717, 1.165) is 49.3 Å². The molecule has 1 fully saturated rings. The van der Waals surface area contributed by atoms with E-state index in [1.54, 1.807) is 13.0 Å². The lowest BCUT2D eigenvalue weighted by atomic mass is 10.0. The minimum atomic E-state index is -0.0203. The number of fused-ring (bicyclic) bond motifs is 1. The smallest absolute Gasteiger partial charge is 0.251 e. The van der Waals surface area contributed by atoms with Crippen LogP contribution < -0.4 is 15.1 Å². The highest BCUT2D eigenvalue weighted by Gasteiger charge is 2.28. The van der Waals surface area contributed by atoms with Crippen LogP contribution >= 0.6 is 0 Å². The van der Waals surface area contributed by atoms with E-state index >= 15 is 0 Å². The van der Waals surface area contributed by atoms with Crippen molar-refractivity contribution in [2.75, 3.05) is 29.4 Å². The van der Waals surface area contributed by atoms with E-state index < -0.39 is 0 Å². The minimum Gasteiger partial charge on any atom is -0.317 e. The van der Waals surface area contributed by atoms with Crippen LogP contribution in [0.2, 0.25) is 0 Å². The van der Waals surface area contributed by atoms with Gasteiger partial charge in [-0.05, 0) is 61.7 Å². The molecule has 0 aromatic heterocycles. The molecule has 0 radical (unpaired) electrons. The molecule has 2 aliphatic rings. The van der Waals surface area contributed by atoms with Crippen molar-refractivity contribution in [1.82, 2.24) is 5.32 Å². The number of rotatable bonds is 4. The molecule has 2 aromatic carbocycles. The molecule has 1 saturated heterocycles. The molecule has 2 aliphatic heterocycles. The first-order chi connectivity index (χ1) is 14.1. The molecule has 2 amide bonds. The zero-order valence-electron chi connectivity index (χ0n) is 16.8. The Bertz CT molecular complexity index is 917. The molecule has 0 bridgehead atoms. The SMILES string of the molecule is CC(=O)N1CCc2ccc(N(C(=O)/C=C\c3ccccc3)C3CCNCC3)cc21. The van der Waals surface area contributed by atoms with Crippen molar-refractivity contribution in [1.29, 1.82) is 0 Å². The lowest BCUT2D eigenvalue weighted by molar-refractivity contribution is -0.116. The van der Waals surface area contributed by atoms with Gasteiger partial charge >= 0.3 is 0 Å². The van der Waals surface area contributed by atoms with E-state index in [-0.39, 0.29) is 17.9 Å². The molecule has 0 spiro atoms. The summed E-state index contributed by atoms with van der Waals surface area (Å²) >= 11 is 0. The van der Waals surface area contributed by atoms with E-state index in [0.29, 0.717) is 6.54 Å². The van der Waals surface area contributed by atoms with Gasteiger partial charge in [0.25, 0.3) is 5.91 Å². The predicted molar refractivity (Wildman–Crippen MR) is 117 cm³/mol. The number of nitrogens with zero attached hydrogens (tertiary/aromatic N) is 2. The molecule has 2 aromatic rings. The van der Waals surface area contributed by atoms with E-state index in [2.05, 4.69) is 11.4 Å². The topological polar surface area (TPSA) is 52.7 Å². The number of hydrogen-bond donors (Lipinski definition) is 1. The van der Waals surface area contributed by atoms with Crippen LogP contribution in [0.5, 0.6) is 0 Å². The first-order valence-corrected chi connectivity index (χ1v) is 10.3. The summed E-state index contributed by atoms with van der Waals surface area (Å²) in [6, 6.07) is 16.1. The molecular weight excluding hydrogens is 362 g/mol. The summed E-state index contributed by atoms with van der Waals surface area (Å²) in [5.74, 6) is 0.0256. The number of piperidine rings is 1. The second-order valence-electron chi connectivity index (χ2n) is 7.67. The van der Waals surface area contributed by atoms with Gasteiger partial charge in [-0.25, -0.2) is 0 Å². The zero-order valence-corrected chi connectivity index (χ0v) is 16.8. The second-order valence-corrected chi connectivity index (χ2v) is 7.67. The minimum absolute atomic E-state index is 0.0203. The van der Waals surface area contributed by atoms with Crippen LogP contribution in [0.25, 0.3) is 6.08 Å². The van der Waals surface area contributed by atoms with Gasteiger partial charge in [0, 0.05) is 37.0 Å². The first kappa shape index (κ1) is 19.4. The Morgan fingerprint density at radius 2 is 1.86 bits per heavy atom. The highest BCUT2D eigenvalue weighted by molar-refractivity contribution is 6.05. The Labute approximate surface area is 172 Å². The fraction of sp³-hybridized carbons (Fsp3) is 0.333. The first-order valence-electron chi connectivity index (χ1n) is 10.3. The van der Waals surface area contributed by atoms with E-state index in [1.807, 2.05) is 58.3 Å². The molecule has 0 saturated carbocycles. The van der Waals surface area contributed by atoms with Gasteiger partial charge in [0.1, 0.15) is 0 Å². The normalized spacial score (nSPS) is 16.8. The van der Waals surface area contributed by atoms with Crippen LogP contribution in [-0.4, -0.2) is 37.5 Å². The lowest BCUT2D eigenvalue weighted by Crippen LogP contribution is -2.46. The standard InChI is InChI=1S/C24H27N3O2/c1-18(28)26-16-13-20-8-9-22(17-23(20)26)27(21-11-14-25-15-12-21)24(29)10-7-19-5-3-2-4-6-19/h2-10,17,21,25H,11-16H2,1H3/b10-7-. The van der Waals surface area contributed by atoms with Crippen molar-refractivity contribution < 1.29 is 9.59 Å². The number of amides is 2. The van der Waals surface area contributed by atoms with Crippen molar-refractivity contribution in [3.63, 3.8) is 0 Å². The Hall–Kier alpha value is -2.92. The van der Waals surface area contributed by atoms with Gasteiger partial charge in [-0.2, -0.15) is 0 Å². The van der Waals surface area contributed by atoms with Crippen LogP contribution in [0.3, 0.4) is 0 Å². The molecule has 2 heterocycles. The van der Waals surface area contributed by atoms with Crippen LogP contribution in [0, 0.1) is 0 Å². The molecular formula is C24H27N3O2. The third kappa shape index (κ3) is 4.25. The molecule has 0 atom stereocenters. The van der Waals surface area contributed by atoms with Crippen molar-refractivity contribution >= 4 is 29.3 Å². The molecule has 1 N–H and O–H groups in total. The van der Waals surface area contributed by atoms with Crippen molar-refractivity contribution in [3.8, 4) is 0 Å². The number of benzene rings is 2. The fourth-order valence-corrected chi connectivity index (χ4v) is 4.24. The van der Waals surface area contributed by atoms with Crippen LogP contribution in [0.15, 0.2) is 54.6 Å². The summed E-state index contributed by atoms with van der Waals surface area (Å²) < 4.78 is 0. The Balaban J connectivity index is 1.66. The number of nitrogens with one attached hydrogen (secondary N) is 1. The molecule has 5 nitrogen and oxygen atoms in total. The average molecular weight is 389 g/mol. The number of hydrogen-bond acceptors (Lipinski definition) is 3. The number of carbonyl (C=O) groups is 2. The third-order valence-corrected chi connectivity index (χ3v) is 5.75. The highest BCUT2D eigenvalue weighted by atomic mass is 16.2. The quantitative estimate of drug-likeness (QED) is 0.816. The monoisotopic (exact) mass is 389 g/mol. The van der Waals surface area contributed by atoms with Crippen molar-refractivity contribution in [3.05, 3.63) is 65.7 Å². The fourth-order valence-electron chi connectivity index (χ4n) is 4.24. The second kappa shape index (κ2) is 8.62. The van der Waals surface area contributed by atoms with Gasteiger partial charge in [0.15, 0.2) is 0 Å². The van der Waals surface area contributed by atoms with E-state index in [4.69, 9.17) is 0 Å². The zero-order chi connectivity index (χ0) is 20.2. The highest BCUT2D eigenvalue weighted by Crippen LogP contribution is 2.34. The average Bonchev–Trinajstić information content (AvgIpc) is 3.18. The van der Waals surface area contributed by atoms with Crippen molar-refractivity contribution in [2.24, 2.45) is 0 Å². The van der Waals surface area contributed by atoms with Gasteiger partial charge in [-0.15, -0.1) is 0 Å². The van der Waals surface area contributed by atoms with Gasteiger partial charge in [-0.3, -0.25) is 9.59 Å². The molecule has 4 rings (SSSR count). The molecule has 150 valence electrons. The van der Waals surface area contributed by atoms with Crippen LogP contribution in [0.1, 0.15) is 30.9 Å². The van der Waals surface area contributed by atoms with Crippen LogP contribution in [-0.2, 0) is 16.0 Å². The maximum Gasteiger partial charge on any atom is 0.251 e. The van der Waals surface area contributed by atoms with Gasteiger partial charge in [0.05, 0.1) is 0 Å². The van der Waals surface area contributed by atoms with Crippen LogP contribution in [0.4, 0.5) is 11.4 Å². The Morgan fingerprint density at radius 1 is 1.10 bits per heavy atom. The van der Waals surface area contributed by atoms with E-state index in [9.17, 15) is 9.59 Å². The largest absolute Gasteiger partial charge is 0.317 e. The van der Waals surface area contributed by atoms with Gasteiger partial charge < -0.3 is 15.1 Å². The summed E-state index contributed by atoms with van der Waals surface area (Å²) in [5, 5.41) is 3.37. The summed E-state index contributed by atoms with van der Waals surface area (Å²) in [7, 11) is 0. The molecule has 0 aliphatic carbocycles. The summed E-state index contributed by atoms with van der Waals surface area (Å²) in [6.45, 7) is 4.12. The lowest BCUT2D eigenvalue weighted by Gasteiger charge is -2.34. The Morgan fingerprint density at radius 3 is 2.59 bits per heavy atom. The Kier molecular flexibility index (Phi) is 5.76. The summed E-state index contributed by atoms with van der Waals surface area (Å²) in [4.78, 5) is 29.0. The van der Waals surface area contributed by atoms with E-state index in [1.165, 1.54) is 5.56 Å². The maximum absolute atomic E-state index is 13.3. The molecule has 29 heavy (non-hydrogen) atoms. The molecule has 5 heteroatoms. The summed E-state index contributed by atoms with van der Waals surface area (Å²) in [5.41, 5.74) is 3.98. The number of carbonyl (C=O) groups excluding carboxylic acids is 2. The van der Waals surface area contributed by atoms with Crippen molar-refractivity contribution in [2.45, 2.75) is 32.2 Å². The third-order valence-electron chi connectivity index (χ3n) is 5.75. The van der Waals surface area contributed by atoms with Gasteiger partial charge in [-0.1, -0.05) is 36.4 Å². The van der Waals surface area contributed by atoms with Gasteiger partial charge in [0.2, 0.25) is 5.91 Å².